The molecule has 2 aromatic rings. The third-order valence-electron chi connectivity index (χ3n) is 2.26. The number of hydrogen-bond donors (Lipinski definition) is 0. The Kier molecular flexibility index (Phi) is 2.57. The molecule has 16 heavy (non-hydrogen) atoms. The predicted octanol–water partition coefficient (Wildman–Crippen LogP) is 0.586. The van der Waals surface area contributed by atoms with E-state index < -0.39 is 0 Å². The van der Waals surface area contributed by atoms with E-state index in [2.05, 4.69) is 20.3 Å². The molecule has 0 atom stereocenters. The molecule has 0 saturated heterocycles. The lowest BCUT2D eigenvalue weighted by Gasteiger charge is -1.96. The smallest absolute Gasteiger partial charge is 0.361 e. The average molecular weight is 214 g/mol. The minimum atomic E-state index is 0.354. The van der Waals surface area contributed by atoms with Crippen molar-refractivity contribution in [3.63, 3.8) is 0 Å². The Labute approximate surface area is 92.1 Å². The van der Waals surface area contributed by atoms with Gasteiger partial charge in [0.25, 0.3) is 5.82 Å². The highest BCUT2D eigenvalue weighted by Crippen LogP contribution is 2.07. The van der Waals surface area contributed by atoms with Gasteiger partial charge in [-0.2, -0.15) is 4.79 Å². The van der Waals surface area contributed by atoms with Gasteiger partial charge in [0, 0.05) is 7.05 Å². The second kappa shape index (κ2) is 4.04. The van der Waals surface area contributed by atoms with Gasteiger partial charge in [0.1, 0.15) is 0 Å². The summed E-state index contributed by atoms with van der Waals surface area (Å²) in [5.74, 6) is 0.423. The van der Waals surface area contributed by atoms with Crippen LogP contribution in [0.4, 0.5) is 0 Å². The van der Waals surface area contributed by atoms with Gasteiger partial charge >= 0.3 is 5.71 Å². The van der Waals surface area contributed by atoms with Gasteiger partial charge in [-0.3, -0.25) is 0 Å². The second-order valence-corrected chi connectivity index (χ2v) is 3.44. The van der Waals surface area contributed by atoms with E-state index in [1.807, 2.05) is 31.2 Å². The summed E-state index contributed by atoms with van der Waals surface area (Å²) < 4.78 is 1.45. The molecule has 80 valence electrons. The van der Waals surface area contributed by atoms with Crippen molar-refractivity contribution < 1.29 is 4.79 Å². The molecule has 2 rings (SSSR count). The summed E-state index contributed by atoms with van der Waals surface area (Å²) >= 11 is 0. The Balaban J connectivity index is 2.50. The van der Waals surface area contributed by atoms with Crippen LogP contribution in [0.3, 0.4) is 0 Å². The zero-order valence-electron chi connectivity index (χ0n) is 8.99. The number of tetrazole rings is 1. The third kappa shape index (κ3) is 1.74. The molecule has 6 nitrogen and oxygen atoms in total. The standard InChI is InChI=1S/C10H10N6/c1-7-3-5-8(6-4-7)9(12-11)10-13-14-15-16(10)2/h3-6H,1-2H3. The van der Waals surface area contributed by atoms with E-state index in [9.17, 15) is 0 Å². The van der Waals surface area contributed by atoms with Gasteiger partial charge in [-0.15, -0.1) is 5.10 Å². The van der Waals surface area contributed by atoms with Crippen LogP contribution in [0.1, 0.15) is 17.0 Å². The number of nitrogens with zero attached hydrogens (tertiary/aromatic N) is 6. The van der Waals surface area contributed by atoms with E-state index >= 15 is 0 Å². The fraction of sp³-hybridized carbons (Fsp3) is 0.200. The van der Waals surface area contributed by atoms with Crippen molar-refractivity contribution in [2.45, 2.75) is 6.92 Å². The van der Waals surface area contributed by atoms with Crippen LogP contribution < -0.4 is 0 Å². The summed E-state index contributed by atoms with van der Waals surface area (Å²) in [5, 5.41) is 11.0. The molecule has 0 aliphatic heterocycles. The first-order valence-electron chi connectivity index (χ1n) is 4.74. The fourth-order valence-corrected chi connectivity index (χ4v) is 1.37. The molecular formula is C10H10N6. The van der Waals surface area contributed by atoms with Crippen molar-refractivity contribution >= 4 is 5.71 Å². The van der Waals surface area contributed by atoms with Crippen molar-refractivity contribution in [3.05, 3.63) is 46.7 Å². The lowest BCUT2D eigenvalue weighted by molar-refractivity contribution is -0.00375. The Morgan fingerprint density at radius 2 is 2.00 bits per heavy atom. The van der Waals surface area contributed by atoms with Crippen molar-refractivity contribution in [1.82, 2.24) is 20.2 Å². The molecule has 0 spiro atoms. The highest BCUT2D eigenvalue weighted by molar-refractivity contribution is 6.06. The number of benzene rings is 1. The quantitative estimate of drug-likeness (QED) is 0.416. The first-order valence-corrected chi connectivity index (χ1v) is 4.74. The van der Waals surface area contributed by atoms with Crippen molar-refractivity contribution in [2.24, 2.45) is 7.05 Å². The number of rotatable bonds is 2. The van der Waals surface area contributed by atoms with Crippen LogP contribution >= 0.6 is 0 Å². The molecule has 1 heterocycles. The van der Waals surface area contributed by atoms with E-state index in [0.717, 1.165) is 11.1 Å². The Morgan fingerprint density at radius 3 is 2.50 bits per heavy atom. The van der Waals surface area contributed by atoms with Gasteiger partial charge in [-0.1, -0.05) is 17.7 Å². The topological polar surface area (TPSA) is 80.0 Å². The van der Waals surface area contributed by atoms with Crippen LogP contribution in [0, 0.1) is 6.92 Å². The summed E-state index contributed by atoms with van der Waals surface area (Å²) in [7, 11) is 1.69. The van der Waals surface area contributed by atoms with Crippen molar-refractivity contribution in [3.8, 4) is 0 Å². The molecule has 1 aromatic carbocycles. The first kappa shape index (κ1) is 10.2. The summed E-state index contributed by atoms with van der Waals surface area (Å²) in [5.41, 5.74) is 11.3. The molecule has 0 N–H and O–H groups in total. The van der Waals surface area contributed by atoms with Crippen LogP contribution in [0.5, 0.6) is 0 Å². The van der Waals surface area contributed by atoms with Gasteiger partial charge < -0.3 is 5.53 Å². The highest BCUT2D eigenvalue weighted by atomic mass is 15.5. The van der Waals surface area contributed by atoms with Gasteiger partial charge in [0.05, 0.1) is 5.56 Å². The maximum atomic E-state index is 9.02. The largest absolute Gasteiger partial charge is 0.368 e. The van der Waals surface area contributed by atoms with E-state index in [1.54, 1.807) is 7.05 Å². The Hall–Kier alpha value is -2.33. The normalized spacial score (nSPS) is 9.88. The average Bonchev–Trinajstić information content (AvgIpc) is 2.69. The molecule has 0 amide bonds. The number of aryl methyl sites for hydroxylation is 2. The Morgan fingerprint density at radius 1 is 1.31 bits per heavy atom. The molecule has 0 unspecified atom stereocenters. The monoisotopic (exact) mass is 214 g/mol. The maximum absolute atomic E-state index is 9.02. The number of aromatic nitrogens is 4. The summed E-state index contributed by atoms with van der Waals surface area (Å²) in [6.07, 6.45) is 0. The van der Waals surface area contributed by atoms with Crippen LogP contribution in [0.25, 0.3) is 5.53 Å². The van der Waals surface area contributed by atoms with Gasteiger partial charge in [-0.05, 0) is 29.5 Å². The van der Waals surface area contributed by atoms with E-state index in [0.29, 0.717) is 11.5 Å². The molecule has 0 fully saturated rings. The predicted molar refractivity (Wildman–Crippen MR) is 56.8 cm³/mol. The minimum Gasteiger partial charge on any atom is -0.361 e. The molecule has 0 saturated carbocycles. The van der Waals surface area contributed by atoms with E-state index in [-0.39, 0.29) is 0 Å². The summed E-state index contributed by atoms with van der Waals surface area (Å²) in [6.45, 7) is 1.99. The van der Waals surface area contributed by atoms with Crippen LogP contribution in [0.2, 0.25) is 0 Å². The molecule has 0 aliphatic rings. The van der Waals surface area contributed by atoms with Crippen LogP contribution in [-0.4, -0.2) is 30.7 Å². The SMILES string of the molecule is Cc1ccc(C(=[N+]=[N-])c2nnnn2C)cc1. The first-order chi connectivity index (χ1) is 7.72. The van der Waals surface area contributed by atoms with E-state index in [4.69, 9.17) is 5.53 Å². The van der Waals surface area contributed by atoms with E-state index in [1.165, 1.54) is 4.68 Å². The summed E-state index contributed by atoms with van der Waals surface area (Å²) in [6, 6.07) is 7.59. The van der Waals surface area contributed by atoms with Crippen molar-refractivity contribution in [1.29, 1.82) is 0 Å². The molecule has 0 aliphatic carbocycles. The van der Waals surface area contributed by atoms with Gasteiger partial charge in [-0.25, -0.2) is 4.68 Å². The zero-order valence-corrected chi connectivity index (χ0v) is 8.99. The van der Waals surface area contributed by atoms with Gasteiger partial charge in [0.15, 0.2) is 0 Å². The fourth-order valence-electron chi connectivity index (χ4n) is 1.37. The Bertz CT molecular complexity index is 547. The highest BCUT2D eigenvalue weighted by Gasteiger charge is 2.21. The lowest BCUT2D eigenvalue weighted by atomic mass is 10.1. The lowest BCUT2D eigenvalue weighted by Crippen LogP contribution is -2.12. The zero-order chi connectivity index (χ0) is 11.5. The molecular weight excluding hydrogens is 204 g/mol. The van der Waals surface area contributed by atoms with Gasteiger partial charge in [0.2, 0.25) is 0 Å². The third-order valence-corrected chi connectivity index (χ3v) is 2.26. The van der Waals surface area contributed by atoms with Crippen LogP contribution in [0.15, 0.2) is 24.3 Å². The van der Waals surface area contributed by atoms with Crippen LogP contribution in [-0.2, 0) is 7.05 Å². The van der Waals surface area contributed by atoms with Crippen molar-refractivity contribution in [2.75, 3.05) is 0 Å². The maximum Gasteiger partial charge on any atom is 0.368 e. The molecule has 0 radical (unpaired) electrons. The number of hydrogen-bond acceptors (Lipinski definition) is 3. The summed E-state index contributed by atoms with van der Waals surface area (Å²) in [4.78, 5) is 3.24. The molecule has 6 heteroatoms. The molecule has 0 bridgehead atoms. The minimum absolute atomic E-state index is 0.354. The second-order valence-electron chi connectivity index (χ2n) is 3.44. The molecule has 1 aromatic heterocycles.